The molecule has 2 aliphatic rings. The topological polar surface area (TPSA) is 66.7 Å². The van der Waals surface area contributed by atoms with E-state index in [1.165, 1.54) is 4.88 Å². The predicted molar refractivity (Wildman–Crippen MR) is 111 cm³/mol. The fourth-order valence-corrected chi connectivity index (χ4v) is 5.12. The molecule has 2 aromatic rings. The quantitative estimate of drug-likeness (QED) is 0.823. The van der Waals surface area contributed by atoms with Gasteiger partial charge in [0.1, 0.15) is 6.54 Å². The second-order valence-electron chi connectivity index (χ2n) is 7.78. The van der Waals surface area contributed by atoms with Crippen LogP contribution in [-0.2, 0) is 22.6 Å². The minimum atomic E-state index is -0.342. The van der Waals surface area contributed by atoms with Gasteiger partial charge in [0.05, 0.1) is 29.6 Å². The molecule has 0 saturated carbocycles. The van der Waals surface area contributed by atoms with Gasteiger partial charge in [-0.25, -0.2) is 4.98 Å². The van der Waals surface area contributed by atoms with Crippen molar-refractivity contribution in [2.45, 2.75) is 40.2 Å². The van der Waals surface area contributed by atoms with E-state index in [1.54, 1.807) is 21.1 Å². The Morgan fingerprint density at radius 3 is 3.00 bits per heavy atom. The number of hydrogen-bond acceptors (Lipinski definition) is 4. The van der Waals surface area contributed by atoms with Gasteiger partial charge in [0.25, 0.3) is 0 Å². The largest absolute Gasteiger partial charge is 0.330 e. The molecule has 0 aliphatic carbocycles. The van der Waals surface area contributed by atoms with Gasteiger partial charge in [-0.15, -0.1) is 0 Å². The number of likely N-dealkylation sites (N-methyl/N-ethyl adjacent to an activating group) is 1. The van der Waals surface area contributed by atoms with Crippen LogP contribution in [0.1, 0.15) is 35.0 Å². The number of aromatic nitrogens is 1. The molecule has 6 nitrogen and oxygen atoms in total. The van der Waals surface area contributed by atoms with Crippen molar-refractivity contribution in [2.75, 3.05) is 29.9 Å². The van der Waals surface area contributed by atoms with Crippen LogP contribution in [0.25, 0.3) is 0 Å². The van der Waals surface area contributed by atoms with Crippen molar-refractivity contribution in [3.8, 4) is 0 Å². The van der Waals surface area contributed by atoms with Gasteiger partial charge in [-0.2, -0.15) is 0 Å². The lowest BCUT2D eigenvalue weighted by Gasteiger charge is -2.20. The van der Waals surface area contributed by atoms with Gasteiger partial charge < -0.3 is 15.1 Å². The van der Waals surface area contributed by atoms with Crippen LogP contribution in [0.5, 0.6) is 0 Å². The minimum absolute atomic E-state index is 0.00877. The molecule has 2 atom stereocenters. The number of carbonyl (C=O) groups excluding carboxylic acids is 2. The number of amides is 2. The van der Waals surface area contributed by atoms with E-state index in [1.807, 2.05) is 32.0 Å². The fourth-order valence-electron chi connectivity index (χ4n) is 4.03. The third kappa shape index (κ3) is 3.56. The molecule has 1 unspecified atom stereocenters. The Hall–Kier alpha value is -2.25. The number of hydrogen-bond donors (Lipinski definition) is 2. The lowest BCUT2D eigenvalue weighted by molar-refractivity contribution is -0.913. The number of fused-ring (bicyclic) bond motifs is 1. The molecular formula is C21H27N4O2S+. The molecule has 2 amide bonds. The Bertz CT molecular complexity index is 923. The maximum atomic E-state index is 12.8. The molecule has 7 heteroatoms. The SMILES string of the molecule is CC[NH+]1CCc2nc(NC(=O)[C@H]3CC(=O)N(c4cccc(C)c4C)C3)sc2C1. The highest BCUT2D eigenvalue weighted by molar-refractivity contribution is 7.15. The van der Waals surface area contributed by atoms with E-state index >= 15 is 0 Å². The molecule has 28 heavy (non-hydrogen) atoms. The molecule has 1 saturated heterocycles. The van der Waals surface area contributed by atoms with E-state index in [2.05, 4.69) is 17.2 Å². The molecule has 2 aliphatic heterocycles. The molecule has 2 N–H and O–H groups in total. The maximum absolute atomic E-state index is 12.8. The molecule has 0 bridgehead atoms. The second-order valence-corrected chi connectivity index (χ2v) is 8.87. The first-order chi connectivity index (χ1) is 13.5. The van der Waals surface area contributed by atoms with Gasteiger partial charge in [-0.05, 0) is 38.0 Å². The first kappa shape index (κ1) is 19.1. The minimum Gasteiger partial charge on any atom is -0.330 e. The zero-order chi connectivity index (χ0) is 19.8. The van der Waals surface area contributed by atoms with Gasteiger partial charge in [0.15, 0.2) is 5.13 Å². The van der Waals surface area contributed by atoms with Crippen molar-refractivity contribution in [3.63, 3.8) is 0 Å². The Balaban J connectivity index is 1.44. The molecule has 0 spiro atoms. The first-order valence-corrected chi connectivity index (χ1v) is 10.8. The zero-order valence-electron chi connectivity index (χ0n) is 16.7. The number of benzene rings is 1. The van der Waals surface area contributed by atoms with Gasteiger partial charge in [0.2, 0.25) is 11.8 Å². The fraction of sp³-hybridized carbons (Fsp3) is 0.476. The van der Waals surface area contributed by atoms with E-state index in [-0.39, 0.29) is 24.2 Å². The number of quaternary nitrogens is 1. The molecule has 0 radical (unpaired) electrons. The van der Waals surface area contributed by atoms with Crippen molar-refractivity contribution >= 4 is 34.0 Å². The summed E-state index contributed by atoms with van der Waals surface area (Å²) in [5.41, 5.74) is 4.27. The van der Waals surface area contributed by atoms with Crippen LogP contribution in [0.4, 0.5) is 10.8 Å². The van der Waals surface area contributed by atoms with Crippen molar-refractivity contribution in [1.82, 2.24) is 4.98 Å². The van der Waals surface area contributed by atoms with E-state index in [0.717, 1.165) is 48.6 Å². The summed E-state index contributed by atoms with van der Waals surface area (Å²) in [5, 5.41) is 3.64. The molecule has 1 fully saturated rings. The van der Waals surface area contributed by atoms with E-state index in [4.69, 9.17) is 0 Å². The van der Waals surface area contributed by atoms with Crippen molar-refractivity contribution < 1.29 is 14.5 Å². The smallest absolute Gasteiger partial charge is 0.231 e. The predicted octanol–water partition coefficient (Wildman–Crippen LogP) is 1.71. The summed E-state index contributed by atoms with van der Waals surface area (Å²) < 4.78 is 0. The third-order valence-corrected chi connectivity index (χ3v) is 7.01. The third-order valence-electron chi connectivity index (χ3n) is 6.00. The highest BCUT2D eigenvalue weighted by atomic mass is 32.1. The zero-order valence-corrected chi connectivity index (χ0v) is 17.5. The van der Waals surface area contributed by atoms with E-state index in [9.17, 15) is 9.59 Å². The van der Waals surface area contributed by atoms with Gasteiger partial charge in [-0.1, -0.05) is 23.5 Å². The molecule has 4 rings (SSSR count). The molecule has 1 aromatic carbocycles. The normalized spacial score (nSPS) is 21.7. The van der Waals surface area contributed by atoms with Crippen LogP contribution in [-0.4, -0.2) is 36.4 Å². The average molecular weight is 400 g/mol. The summed E-state index contributed by atoms with van der Waals surface area (Å²) in [4.78, 5) is 34.6. The van der Waals surface area contributed by atoms with Crippen LogP contribution in [0.15, 0.2) is 18.2 Å². The van der Waals surface area contributed by atoms with E-state index in [0.29, 0.717) is 11.7 Å². The van der Waals surface area contributed by atoms with Gasteiger partial charge in [-0.3, -0.25) is 9.59 Å². The lowest BCUT2D eigenvalue weighted by Crippen LogP contribution is -3.11. The number of aryl methyl sites for hydroxylation is 1. The number of nitrogens with one attached hydrogen (secondary N) is 2. The summed E-state index contributed by atoms with van der Waals surface area (Å²) in [7, 11) is 0. The second kappa shape index (κ2) is 7.64. The summed E-state index contributed by atoms with van der Waals surface area (Å²) in [5.74, 6) is -0.437. The van der Waals surface area contributed by atoms with Crippen molar-refractivity contribution in [2.24, 2.45) is 5.92 Å². The Kier molecular flexibility index (Phi) is 5.21. The number of nitrogens with zero attached hydrogens (tertiary/aromatic N) is 2. The van der Waals surface area contributed by atoms with Crippen LogP contribution < -0.4 is 15.1 Å². The highest BCUT2D eigenvalue weighted by Crippen LogP contribution is 2.31. The number of carbonyl (C=O) groups is 2. The Labute approximate surface area is 169 Å². The highest BCUT2D eigenvalue weighted by Gasteiger charge is 2.36. The van der Waals surface area contributed by atoms with Crippen LogP contribution in [0.2, 0.25) is 0 Å². The number of thiazole rings is 1. The van der Waals surface area contributed by atoms with Crippen molar-refractivity contribution in [3.05, 3.63) is 39.9 Å². The molecule has 148 valence electrons. The summed E-state index contributed by atoms with van der Waals surface area (Å²) in [6, 6.07) is 5.95. The van der Waals surface area contributed by atoms with Crippen molar-refractivity contribution in [1.29, 1.82) is 0 Å². The molecule has 3 heterocycles. The standard InChI is InChI=1S/C21H26N4O2S/c1-4-24-9-8-16-18(12-24)28-21(22-16)23-20(27)15-10-19(26)25(11-15)17-7-5-6-13(2)14(17)3/h5-7,15H,4,8-12H2,1-3H3,(H,22,23,27)/p+1/t15-/m0/s1. The van der Waals surface area contributed by atoms with Crippen LogP contribution in [0, 0.1) is 19.8 Å². The van der Waals surface area contributed by atoms with Gasteiger partial charge >= 0.3 is 0 Å². The number of rotatable bonds is 4. The van der Waals surface area contributed by atoms with Crippen LogP contribution in [0.3, 0.4) is 0 Å². The lowest BCUT2D eigenvalue weighted by atomic mass is 10.1. The monoisotopic (exact) mass is 399 g/mol. The summed E-state index contributed by atoms with van der Waals surface area (Å²) in [6.07, 6.45) is 1.21. The summed E-state index contributed by atoms with van der Waals surface area (Å²) >= 11 is 1.58. The van der Waals surface area contributed by atoms with Crippen LogP contribution >= 0.6 is 11.3 Å². The Morgan fingerprint density at radius 1 is 1.39 bits per heavy atom. The first-order valence-electron chi connectivity index (χ1n) is 9.95. The number of anilines is 2. The van der Waals surface area contributed by atoms with E-state index < -0.39 is 0 Å². The molecule has 1 aromatic heterocycles. The average Bonchev–Trinajstić information content (AvgIpc) is 3.26. The van der Waals surface area contributed by atoms with Gasteiger partial charge in [0, 0.05) is 25.1 Å². The summed E-state index contributed by atoms with van der Waals surface area (Å²) in [6.45, 7) is 9.88. The maximum Gasteiger partial charge on any atom is 0.231 e. The molecular weight excluding hydrogens is 372 g/mol. The Morgan fingerprint density at radius 2 is 2.21 bits per heavy atom.